The summed E-state index contributed by atoms with van der Waals surface area (Å²) in [5.74, 6) is 1.93. The first-order valence-corrected chi connectivity index (χ1v) is 11.0. The maximum Gasteiger partial charge on any atom is 0.261 e. The van der Waals surface area contributed by atoms with E-state index >= 15 is 0 Å². The minimum absolute atomic E-state index is 0.101. The van der Waals surface area contributed by atoms with Gasteiger partial charge in [-0.15, -0.1) is 11.3 Å². The number of fused-ring (bicyclic) bond motifs is 1. The van der Waals surface area contributed by atoms with Crippen molar-refractivity contribution in [3.63, 3.8) is 0 Å². The van der Waals surface area contributed by atoms with Crippen molar-refractivity contribution >= 4 is 33.3 Å². The van der Waals surface area contributed by atoms with E-state index in [1.165, 1.54) is 17.7 Å². The Balaban J connectivity index is 1.55. The molecular formula is C22H26N4O4S. The zero-order chi connectivity index (χ0) is 21.8. The van der Waals surface area contributed by atoms with Crippen molar-refractivity contribution in [2.75, 3.05) is 32.7 Å². The number of nitrogens with one attached hydrogen (secondary N) is 2. The zero-order valence-corrected chi connectivity index (χ0v) is 18.7. The van der Waals surface area contributed by atoms with Gasteiger partial charge in [-0.1, -0.05) is 12.1 Å². The number of hydrogen-bond donors (Lipinski definition) is 2. The van der Waals surface area contributed by atoms with E-state index in [9.17, 15) is 4.79 Å². The standard InChI is InChI=1S/C22H26N4O4S/c1-13-17-20(23-10-14-6-4-8-16(28-2)18(14)29-3)25-12-26-22(17)31-19(13)21(27)24-11-15-7-5-9-30-15/h4,6,8,12,15H,5,7,9-11H2,1-3H3,(H,24,27)(H,23,25,26)/t15-/m1/s1. The molecule has 0 saturated carbocycles. The maximum absolute atomic E-state index is 12.8. The molecule has 1 fully saturated rings. The van der Waals surface area contributed by atoms with Crippen LogP contribution in [0.3, 0.4) is 0 Å². The molecule has 9 heteroatoms. The minimum atomic E-state index is -0.101. The lowest BCUT2D eigenvalue weighted by atomic mass is 10.1. The first-order valence-electron chi connectivity index (χ1n) is 10.2. The summed E-state index contributed by atoms with van der Waals surface area (Å²) < 4.78 is 16.5. The SMILES string of the molecule is COc1cccc(CNc2ncnc3sc(C(=O)NC[C@H]4CCCO4)c(C)c23)c1OC. The minimum Gasteiger partial charge on any atom is -0.493 e. The van der Waals surface area contributed by atoms with Gasteiger partial charge >= 0.3 is 0 Å². The second kappa shape index (κ2) is 9.49. The fourth-order valence-corrected chi connectivity index (χ4v) is 4.85. The van der Waals surface area contributed by atoms with Crippen LogP contribution >= 0.6 is 11.3 Å². The van der Waals surface area contributed by atoms with Gasteiger partial charge < -0.3 is 24.8 Å². The first-order chi connectivity index (χ1) is 15.1. The van der Waals surface area contributed by atoms with Crippen molar-refractivity contribution in [3.8, 4) is 11.5 Å². The van der Waals surface area contributed by atoms with Gasteiger partial charge in [0, 0.05) is 25.3 Å². The summed E-state index contributed by atoms with van der Waals surface area (Å²) in [6, 6.07) is 5.74. The van der Waals surface area contributed by atoms with Gasteiger partial charge in [0.05, 0.1) is 30.6 Å². The molecule has 1 saturated heterocycles. The predicted molar refractivity (Wildman–Crippen MR) is 120 cm³/mol. The summed E-state index contributed by atoms with van der Waals surface area (Å²) in [6.45, 7) is 3.72. The van der Waals surface area contributed by atoms with Crippen molar-refractivity contribution in [2.45, 2.75) is 32.4 Å². The third-order valence-electron chi connectivity index (χ3n) is 5.38. The molecule has 8 nitrogen and oxygen atoms in total. The molecule has 1 aliphatic rings. The fourth-order valence-electron chi connectivity index (χ4n) is 3.79. The molecule has 1 aliphatic heterocycles. The van der Waals surface area contributed by atoms with Crippen LogP contribution in [-0.4, -0.2) is 49.4 Å². The monoisotopic (exact) mass is 442 g/mol. The van der Waals surface area contributed by atoms with E-state index in [-0.39, 0.29) is 12.0 Å². The smallest absolute Gasteiger partial charge is 0.261 e. The van der Waals surface area contributed by atoms with Gasteiger partial charge in [0.2, 0.25) is 0 Å². The number of rotatable bonds is 8. The van der Waals surface area contributed by atoms with Crippen LogP contribution in [0.1, 0.15) is 33.6 Å². The van der Waals surface area contributed by atoms with Crippen LogP contribution in [0.15, 0.2) is 24.5 Å². The Bertz CT molecular complexity index is 1080. The van der Waals surface area contributed by atoms with E-state index in [1.807, 2.05) is 25.1 Å². The molecule has 0 bridgehead atoms. The Kier molecular flexibility index (Phi) is 6.53. The van der Waals surface area contributed by atoms with Gasteiger partial charge in [0.1, 0.15) is 17.0 Å². The lowest BCUT2D eigenvalue weighted by Crippen LogP contribution is -2.31. The molecule has 3 aromatic rings. The molecule has 164 valence electrons. The van der Waals surface area contributed by atoms with Crippen LogP contribution in [0.2, 0.25) is 0 Å². The van der Waals surface area contributed by atoms with Crippen molar-refractivity contribution in [1.29, 1.82) is 0 Å². The highest BCUT2D eigenvalue weighted by Gasteiger charge is 2.22. The average Bonchev–Trinajstić information content (AvgIpc) is 3.44. The van der Waals surface area contributed by atoms with Crippen LogP contribution < -0.4 is 20.1 Å². The van der Waals surface area contributed by atoms with E-state index in [0.29, 0.717) is 35.3 Å². The summed E-state index contributed by atoms with van der Waals surface area (Å²) in [5, 5.41) is 7.22. The first kappa shape index (κ1) is 21.3. The number of ether oxygens (including phenoxy) is 3. The van der Waals surface area contributed by atoms with Gasteiger partial charge in [0.15, 0.2) is 11.5 Å². The fraction of sp³-hybridized carbons (Fsp3) is 0.409. The van der Waals surface area contributed by atoms with Crippen LogP contribution in [0.4, 0.5) is 5.82 Å². The van der Waals surface area contributed by atoms with Crippen molar-refractivity contribution in [3.05, 3.63) is 40.5 Å². The summed E-state index contributed by atoms with van der Waals surface area (Å²) in [6.07, 6.45) is 3.65. The molecule has 2 aromatic heterocycles. The molecular weight excluding hydrogens is 416 g/mol. The Labute approximate surface area is 184 Å². The molecule has 3 heterocycles. The highest BCUT2D eigenvalue weighted by Crippen LogP contribution is 2.35. The molecule has 0 spiro atoms. The number of carbonyl (C=O) groups excluding carboxylic acids is 1. The van der Waals surface area contributed by atoms with E-state index in [2.05, 4.69) is 20.6 Å². The number of methoxy groups -OCH3 is 2. The second-order valence-electron chi connectivity index (χ2n) is 7.31. The van der Waals surface area contributed by atoms with E-state index in [1.54, 1.807) is 14.2 Å². The van der Waals surface area contributed by atoms with Crippen molar-refractivity contribution in [1.82, 2.24) is 15.3 Å². The van der Waals surface area contributed by atoms with Crippen LogP contribution in [0.25, 0.3) is 10.2 Å². The number of carbonyl (C=O) groups is 1. The summed E-state index contributed by atoms with van der Waals surface area (Å²) >= 11 is 1.38. The molecule has 0 unspecified atom stereocenters. The molecule has 1 atom stereocenters. The number of aromatic nitrogens is 2. The average molecular weight is 443 g/mol. The number of amides is 1. The van der Waals surface area contributed by atoms with Crippen molar-refractivity contribution < 1.29 is 19.0 Å². The predicted octanol–water partition coefficient (Wildman–Crippen LogP) is 3.54. The van der Waals surface area contributed by atoms with Gasteiger partial charge in [-0.3, -0.25) is 4.79 Å². The van der Waals surface area contributed by atoms with Gasteiger partial charge in [-0.25, -0.2) is 9.97 Å². The maximum atomic E-state index is 12.8. The number of anilines is 1. The van der Waals surface area contributed by atoms with Gasteiger partial charge in [-0.05, 0) is 31.4 Å². The van der Waals surface area contributed by atoms with Crippen LogP contribution in [0.5, 0.6) is 11.5 Å². The third-order valence-corrected chi connectivity index (χ3v) is 6.58. The lowest BCUT2D eigenvalue weighted by molar-refractivity contribution is 0.0860. The molecule has 0 radical (unpaired) electrons. The Hall–Kier alpha value is -2.91. The van der Waals surface area contributed by atoms with E-state index in [0.717, 1.165) is 40.8 Å². The largest absolute Gasteiger partial charge is 0.493 e. The summed E-state index contributed by atoms with van der Waals surface area (Å²) in [7, 11) is 3.23. The Morgan fingerprint density at radius 3 is 2.90 bits per heavy atom. The number of nitrogens with zero attached hydrogens (tertiary/aromatic N) is 2. The molecule has 4 rings (SSSR count). The third kappa shape index (κ3) is 4.42. The molecule has 1 amide bonds. The van der Waals surface area contributed by atoms with E-state index in [4.69, 9.17) is 14.2 Å². The van der Waals surface area contributed by atoms with Gasteiger partial charge in [-0.2, -0.15) is 0 Å². The number of hydrogen-bond acceptors (Lipinski definition) is 8. The Morgan fingerprint density at radius 1 is 1.29 bits per heavy atom. The molecule has 2 N–H and O–H groups in total. The quantitative estimate of drug-likeness (QED) is 0.551. The number of para-hydroxylation sites is 1. The highest BCUT2D eigenvalue weighted by molar-refractivity contribution is 7.20. The number of benzene rings is 1. The van der Waals surface area contributed by atoms with Gasteiger partial charge in [0.25, 0.3) is 5.91 Å². The molecule has 0 aliphatic carbocycles. The summed E-state index contributed by atoms with van der Waals surface area (Å²) in [4.78, 5) is 23.0. The Morgan fingerprint density at radius 2 is 2.16 bits per heavy atom. The number of aryl methyl sites for hydroxylation is 1. The van der Waals surface area contributed by atoms with Crippen LogP contribution in [-0.2, 0) is 11.3 Å². The number of thiophene rings is 1. The molecule has 31 heavy (non-hydrogen) atoms. The highest BCUT2D eigenvalue weighted by atomic mass is 32.1. The van der Waals surface area contributed by atoms with E-state index < -0.39 is 0 Å². The normalized spacial score (nSPS) is 15.8. The summed E-state index contributed by atoms with van der Waals surface area (Å²) in [5.41, 5.74) is 1.81. The topological polar surface area (TPSA) is 94.6 Å². The zero-order valence-electron chi connectivity index (χ0n) is 17.9. The lowest BCUT2D eigenvalue weighted by Gasteiger charge is -2.14. The molecule has 1 aromatic carbocycles. The second-order valence-corrected chi connectivity index (χ2v) is 8.31. The van der Waals surface area contributed by atoms with Crippen molar-refractivity contribution in [2.24, 2.45) is 0 Å². The van der Waals surface area contributed by atoms with Crippen LogP contribution in [0, 0.1) is 6.92 Å².